The number of H-pyrrole nitrogens is 1. The molecule has 0 aliphatic rings. The van der Waals surface area contributed by atoms with Gasteiger partial charge in [-0.15, -0.1) is 0 Å². The van der Waals surface area contributed by atoms with E-state index >= 15 is 0 Å². The molecule has 21 heavy (non-hydrogen) atoms. The normalized spacial score (nSPS) is 11.3. The van der Waals surface area contributed by atoms with Gasteiger partial charge in [0.05, 0.1) is 23.9 Å². The number of nitrogens with two attached hydrogens (primary N) is 1. The van der Waals surface area contributed by atoms with Crippen LogP contribution in [0, 0.1) is 0 Å². The maximum atomic E-state index is 11.7. The van der Waals surface area contributed by atoms with Crippen molar-refractivity contribution >= 4 is 35.0 Å². The first kappa shape index (κ1) is 15.1. The molecule has 0 radical (unpaired) electrons. The molecule has 0 amide bonds. The van der Waals surface area contributed by atoms with E-state index < -0.39 is 5.97 Å². The van der Waals surface area contributed by atoms with Crippen molar-refractivity contribution in [1.82, 2.24) is 10.2 Å². The van der Waals surface area contributed by atoms with E-state index in [2.05, 4.69) is 15.4 Å². The molecule has 0 atom stereocenters. The predicted molar refractivity (Wildman–Crippen MR) is 77.7 cm³/mol. The van der Waals surface area contributed by atoms with E-state index in [1.54, 1.807) is 12.1 Å². The molecule has 0 saturated carbocycles. The standard InChI is InChI=1S/C12H10Cl2N4O3/c1-20-9-3-2-6(13)4-7(9)11(15)18-21-12(19)10-8(14)5-16-17-10/h2-5H,1H3,(H2,15,18)(H,16,17). The summed E-state index contributed by atoms with van der Waals surface area (Å²) in [6.07, 6.45) is 1.27. The number of ether oxygens (including phenoxy) is 1. The topological polar surface area (TPSA) is 103 Å². The lowest BCUT2D eigenvalue weighted by molar-refractivity contribution is 0.0509. The second-order valence-electron chi connectivity index (χ2n) is 3.79. The van der Waals surface area contributed by atoms with Crippen LogP contribution in [0.4, 0.5) is 0 Å². The van der Waals surface area contributed by atoms with Gasteiger partial charge in [0.25, 0.3) is 0 Å². The van der Waals surface area contributed by atoms with Crippen molar-refractivity contribution in [3.8, 4) is 5.75 Å². The van der Waals surface area contributed by atoms with Gasteiger partial charge in [0.2, 0.25) is 0 Å². The Balaban J connectivity index is 2.20. The zero-order valence-electron chi connectivity index (χ0n) is 10.8. The number of oxime groups is 1. The van der Waals surface area contributed by atoms with Gasteiger partial charge >= 0.3 is 5.97 Å². The molecule has 110 valence electrons. The van der Waals surface area contributed by atoms with Gasteiger partial charge in [0, 0.05) is 5.02 Å². The molecule has 0 saturated heterocycles. The third kappa shape index (κ3) is 3.45. The van der Waals surface area contributed by atoms with E-state index in [4.69, 9.17) is 38.5 Å². The molecular weight excluding hydrogens is 319 g/mol. The summed E-state index contributed by atoms with van der Waals surface area (Å²) in [6, 6.07) is 4.79. The fraction of sp³-hybridized carbons (Fsp3) is 0.0833. The highest BCUT2D eigenvalue weighted by Gasteiger charge is 2.15. The Kier molecular flexibility index (Phi) is 4.66. The van der Waals surface area contributed by atoms with Crippen LogP contribution in [-0.4, -0.2) is 29.1 Å². The number of carbonyl (C=O) groups is 1. The lowest BCUT2D eigenvalue weighted by atomic mass is 10.2. The Hall–Kier alpha value is -2.25. The molecule has 1 aromatic heterocycles. The number of carbonyl (C=O) groups excluding carboxylic acids is 1. The van der Waals surface area contributed by atoms with Crippen molar-refractivity contribution in [2.75, 3.05) is 7.11 Å². The van der Waals surface area contributed by atoms with E-state index in [0.29, 0.717) is 16.3 Å². The van der Waals surface area contributed by atoms with Gasteiger partial charge in [0.1, 0.15) is 5.75 Å². The van der Waals surface area contributed by atoms with Gasteiger partial charge in [-0.1, -0.05) is 28.4 Å². The van der Waals surface area contributed by atoms with Crippen LogP contribution in [-0.2, 0) is 4.84 Å². The van der Waals surface area contributed by atoms with Crippen molar-refractivity contribution in [3.63, 3.8) is 0 Å². The third-order valence-electron chi connectivity index (χ3n) is 2.46. The van der Waals surface area contributed by atoms with E-state index in [9.17, 15) is 4.79 Å². The summed E-state index contributed by atoms with van der Waals surface area (Å²) in [6.45, 7) is 0. The lowest BCUT2D eigenvalue weighted by Crippen LogP contribution is -2.16. The van der Waals surface area contributed by atoms with Crippen molar-refractivity contribution in [2.24, 2.45) is 10.9 Å². The van der Waals surface area contributed by atoms with E-state index in [-0.39, 0.29) is 16.6 Å². The highest BCUT2D eigenvalue weighted by molar-refractivity contribution is 6.33. The maximum absolute atomic E-state index is 11.7. The van der Waals surface area contributed by atoms with Crippen molar-refractivity contribution in [3.05, 3.63) is 45.7 Å². The number of amidine groups is 1. The van der Waals surface area contributed by atoms with Gasteiger partial charge in [0.15, 0.2) is 11.5 Å². The predicted octanol–water partition coefficient (Wildman–Crippen LogP) is 2.20. The molecule has 1 heterocycles. The number of hydrogen-bond acceptors (Lipinski definition) is 5. The molecule has 2 aromatic rings. The summed E-state index contributed by atoms with van der Waals surface area (Å²) in [5.74, 6) is -0.448. The quantitative estimate of drug-likeness (QED) is 0.387. The Morgan fingerprint density at radius 2 is 2.19 bits per heavy atom. The van der Waals surface area contributed by atoms with Gasteiger partial charge in [-0.05, 0) is 18.2 Å². The number of aromatic amines is 1. The fourth-order valence-electron chi connectivity index (χ4n) is 1.48. The molecule has 3 N–H and O–H groups in total. The average molecular weight is 329 g/mol. The molecule has 0 aliphatic heterocycles. The van der Waals surface area contributed by atoms with Crippen molar-refractivity contribution < 1.29 is 14.4 Å². The van der Waals surface area contributed by atoms with E-state index in [0.717, 1.165) is 0 Å². The van der Waals surface area contributed by atoms with Crippen molar-refractivity contribution in [2.45, 2.75) is 0 Å². The van der Waals surface area contributed by atoms with Crippen LogP contribution < -0.4 is 10.5 Å². The Morgan fingerprint density at radius 3 is 2.81 bits per heavy atom. The molecule has 0 fully saturated rings. The highest BCUT2D eigenvalue weighted by Crippen LogP contribution is 2.22. The average Bonchev–Trinajstić information content (AvgIpc) is 2.90. The molecule has 7 nitrogen and oxygen atoms in total. The number of methoxy groups -OCH3 is 1. The first-order valence-corrected chi connectivity index (χ1v) is 6.36. The first-order chi connectivity index (χ1) is 10.0. The van der Waals surface area contributed by atoms with E-state index in [1.807, 2.05) is 0 Å². The number of rotatable bonds is 4. The number of benzene rings is 1. The lowest BCUT2D eigenvalue weighted by Gasteiger charge is -2.07. The summed E-state index contributed by atoms with van der Waals surface area (Å²) in [7, 11) is 1.47. The van der Waals surface area contributed by atoms with Crippen LogP contribution in [0.5, 0.6) is 5.75 Å². The summed E-state index contributed by atoms with van der Waals surface area (Å²) in [5.41, 5.74) is 6.13. The van der Waals surface area contributed by atoms with Crippen LogP contribution in [0.3, 0.4) is 0 Å². The second-order valence-corrected chi connectivity index (χ2v) is 4.64. The van der Waals surface area contributed by atoms with Gasteiger partial charge in [-0.3, -0.25) is 5.10 Å². The van der Waals surface area contributed by atoms with Crippen molar-refractivity contribution in [1.29, 1.82) is 0 Å². The minimum absolute atomic E-state index is 0.0220. The largest absolute Gasteiger partial charge is 0.496 e. The minimum atomic E-state index is -0.818. The molecule has 0 aliphatic carbocycles. The Morgan fingerprint density at radius 1 is 1.43 bits per heavy atom. The van der Waals surface area contributed by atoms with E-state index in [1.165, 1.54) is 19.4 Å². The minimum Gasteiger partial charge on any atom is -0.496 e. The zero-order chi connectivity index (χ0) is 15.4. The summed E-state index contributed by atoms with van der Waals surface area (Å²) >= 11 is 11.6. The van der Waals surface area contributed by atoms with Crippen LogP contribution >= 0.6 is 23.2 Å². The molecular formula is C12H10Cl2N4O3. The van der Waals surface area contributed by atoms with Crippen LogP contribution in [0.2, 0.25) is 10.0 Å². The van der Waals surface area contributed by atoms with Crippen LogP contribution in [0.1, 0.15) is 16.1 Å². The first-order valence-electron chi connectivity index (χ1n) is 5.60. The van der Waals surface area contributed by atoms with Crippen LogP contribution in [0.15, 0.2) is 29.6 Å². The summed E-state index contributed by atoms with van der Waals surface area (Å²) < 4.78 is 5.12. The maximum Gasteiger partial charge on any atom is 0.384 e. The molecule has 0 spiro atoms. The number of hydrogen-bond donors (Lipinski definition) is 2. The number of nitrogens with one attached hydrogen (secondary N) is 1. The summed E-state index contributed by atoms with van der Waals surface area (Å²) in [4.78, 5) is 16.4. The van der Waals surface area contributed by atoms with Gasteiger partial charge < -0.3 is 15.3 Å². The highest BCUT2D eigenvalue weighted by atomic mass is 35.5. The molecule has 1 aromatic carbocycles. The van der Waals surface area contributed by atoms with Crippen LogP contribution in [0.25, 0.3) is 0 Å². The number of halogens is 2. The molecule has 0 unspecified atom stereocenters. The second kappa shape index (κ2) is 6.47. The fourth-order valence-corrected chi connectivity index (χ4v) is 1.82. The molecule has 9 heteroatoms. The SMILES string of the molecule is COc1ccc(Cl)cc1/C(N)=N/OC(=O)c1[nH]ncc1Cl. The molecule has 0 bridgehead atoms. The molecule has 2 rings (SSSR count). The third-order valence-corrected chi connectivity index (χ3v) is 2.98. The van der Waals surface area contributed by atoms with Gasteiger partial charge in [-0.25, -0.2) is 4.79 Å². The van der Waals surface area contributed by atoms with Gasteiger partial charge in [-0.2, -0.15) is 5.10 Å². The summed E-state index contributed by atoms with van der Waals surface area (Å²) in [5, 5.41) is 10.1. The monoisotopic (exact) mass is 328 g/mol. The Bertz CT molecular complexity index is 700. The number of aromatic nitrogens is 2. The smallest absolute Gasteiger partial charge is 0.384 e. The zero-order valence-corrected chi connectivity index (χ0v) is 12.3. The number of nitrogens with zero attached hydrogens (tertiary/aromatic N) is 2. The Labute approximate surface area is 129 Å².